The topological polar surface area (TPSA) is 6.48 Å². The molecule has 3 heteroatoms. The molecule has 0 aliphatic carbocycles. The van der Waals surface area contributed by atoms with Crippen LogP contribution in [-0.4, -0.2) is 13.1 Å². The second-order valence-corrected chi connectivity index (χ2v) is 9.69. The van der Waals surface area contributed by atoms with E-state index in [-0.39, 0.29) is 20.4 Å². The molecule has 0 atom stereocenters. The third-order valence-corrected chi connectivity index (χ3v) is 6.12. The zero-order valence-electron chi connectivity index (χ0n) is 20.0. The minimum atomic E-state index is 0. The van der Waals surface area contributed by atoms with Crippen LogP contribution in [0.15, 0.2) is 36.4 Å². The number of hydrogen-bond acceptors (Lipinski definition) is 2. The summed E-state index contributed by atoms with van der Waals surface area (Å²) < 4.78 is 0. The van der Waals surface area contributed by atoms with Gasteiger partial charge in [0.1, 0.15) is 0 Å². The van der Waals surface area contributed by atoms with Gasteiger partial charge in [-0.2, -0.15) is 6.67 Å². The maximum Gasteiger partial charge on any atom is 0.0156 e. The minimum absolute atomic E-state index is 0. The summed E-state index contributed by atoms with van der Waals surface area (Å²) >= 11 is 0. The SMILES string of the molecule is CC(C)c1cccc(C(C)C)c1N1[CH-]N(c2c(C(C)C)cccc2C(C)C)CC1.[Pd]. The third-order valence-electron chi connectivity index (χ3n) is 6.12. The molecule has 1 aliphatic heterocycles. The van der Waals surface area contributed by atoms with Crippen LogP contribution in [0.25, 0.3) is 0 Å². The average Bonchev–Trinajstić information content (AvgIpc) is 3.15. The molecular weight excluding hydrogens is 459 g/mol. The smallest absolute Gasteiger partial charge is 0.0156 e. The number of hydrogen-bond donors (Lipinski definition) is 0. The van der Waals surface area contributed by atoms with Crippen molar-refractivity contribution in [3.63, 3.8) is 0 Å². The van der Waals surface area contributed by atoms with Gasteiger partial charge in [0.05, 0.1) is 0 Å². The molecule has 0 N–H and O–H groups in total. The summed E-state index contributed by atoms with van der Waals surface area (Å²) in [6.07, 6.45) is 0. The van der Waals surface area contributed by atoms with E-state index in [1.165, 1.54) is 33.6 Å². The van der Waals surface area contributed by atoms with Crippen molar-refractivity contribution in [2.45, 2.75) is 79.1 Å². The molecule has 2 aromatic carbocycles. The van der Waals surface area contributed by atoms with E-state index in [0.29, 0.717) is 23.7 Å². The van der Waals surface area contributed by atoms with Crippen LogP contribution in [-0.2, 0) is 20.4 Å². The van der Waals surface area contributed by atoms with Gasteiger partial charge in [0.2, 0.25) is 0 Å². The van der Waals surface area contributed by atoms with Crippen LogP contribution in [0.2, 0.25) is 0 Å². The van der Waals surface area contributed by atoms with Crippen molar-refractivity contribution in [1.29, 1.82) is 0 Å². The summed E-state index contributed by atoms with van der Waals surface area (Å²) in [4.78, 5) is 5.01. The summed E-state index contributed by atoms with van der Waals surface area (Å²) in [5.41, 5.74) is 8.67. The molecule has 168 valence electrons. The Hall–Kier alpha value is -1.30. The van der Waals surface area contributed by atoms with Gasteiger partial charge in [-0.15, -0.1) is 0 Å². The van der Waals surface area contributed by atoms with Crippen molar-refractivity contribution in [2.24, 2.45) is 0 Å². The fourth-order valence-corrected chi connectivity index (χ4v) is 4.53. The number of para-hydroxylation sites is 2. The van der Waals surface area contributed by atoms with Crippen molar-refractivity contribution in [3.05, 3.63) is 65.3 Å². The van der Waals surface area contributed by atoms with E-state index in [1.54, 1.807) is 0 Å². The van der Waals surface area contributed by atoms with E-state index in [0.717, 1.165) is 13.1 Å². The van der Waals surface area contributed by atoms with E-state index in [4.69, 9.17) is 0 Å². The van der Waals surface area contributed by atoms with E-state index in [1.807, 2.05) is 0 Å². The van der Waals surface area contributed by atoms with Crippen LogP contribution in [0, 0.1) is 6.67 Å². The van der Waals surface area contributed by atoms with Gasteiger partial charge in [-0.3, -0.25) is 0 Å². The molecule has 3 rings (SSSR count). The fourth-order valence-electron chi connectivity index (χ4n) is 4.53. The molecule has 0 amide bonds. The van der Waals surface area contributed by atoms with Gasteiger partial charge in [-0.05, 0) is 45.9 Å². The molecule has 0 saturated carbocycles. The van der Waals surface area contributed by atoms with Crippen LogP contribution in [0.4, 0.5) is 11.4 Å². The maximum atomic E-state index is 2.51. The van der Waals surface area contributed by atoms with E-state index in [2.05, 4.69) is 108 Å². The molecule has 0 bridgehead atoms. The fraction of sp³-hybridized carbons (Fsp3) is 0.519. The number of anilines is 2. The zero-order valence-corrected chi connectivity index (χ0v) is 21.5. The molecule has 1 heterocycles. The van der Waals surface area contributed by atoms with Gasteiger partial charge < -0.3 is 9.80 Å². The van der Waals surface area contributed by atoms with Crippen molar-refractivity contribution in [2.75, 3.05) is 22.9 Å². The molecule has 0 unspecified atom stereocenters. The van der Waals surface area contributed by atoms with Crippen LogP contribution >= 0.6 is 0 Å². The molecule has 30 heavy (non-hydrogen) atoms. The predicted octanol–water partition coefficient (Wildman–Crippen LogP) is 7.62. The van der Waals surface area contributed by atoms with E-state index < -0.39 is 0 Å². The Morgan fingerprint density at radius 3 is 1.07 bits per heavy atom. The Labute approximate surface area is 198 Å². The molecule has 2 nitrogen and oxygen atoms in total. The summed E-state index contributed by atoms with van der Waals surface area (Å²) in [6.45, 7) is 22.9. The Balaban J connectivity index is 0.00000320. The molecule has 1 fully saturated rings. The predicted molar refractivity (Wildman–Crippen MR) is 128 cm³/mol. The standard InChI is InChI=1S/C27H39N2.Pd/c1-18(2)22-11-9-12-23(19(3)4)26(22)28-15-16-29(17-28)27-24(20(5)6)13-10-14-25(27)21(7)8;/h9-14,17-21H,15-16H2,1-8H3;/q-1;. The third kappa shape index (κ3) is 4.95. The van der Waals surface area contributed by atoms with Gasteiger partial charge in [0.25, 0.3) is 0 Å². The first-order chi connectivity index (χ1) is 13.7. The minimum Gasteiger partial charge on any atom is -0.502 e. The van der Waals surface area contributed by atoms with Crippen LogP contribution < -0.4 is 9.80 Å². The molecule has 2 aromatic rings. The van der Waals surface area contributed by atoms with E-state index >= 15 is 0 Å². The summed E-state index contributed by atoms with van der Waals surface area (Å²) in [5, 5.41) is 0. The van der Waals surface area contributed by atoms with Crippen LogP contribution in [0.3, 0.4) is 0 Å². The Morgan fingerprint density at radius 1 is 0.567 bits per heavy atom. The first-order valence-electron chi connectivity index (χ1n) is 11.4. The normalized spacial score (nSPS) is 14.4. The monoisotopic (exact) mass is 497 g/mol. The molecule has 0 aromatic heterocycles. The second-order valence-electron chi connectivity index (χ2n) is 9.69. The van der Waals surface area contributed by atoms with Gasteiger partial charge in [-0.1, -0.05) is 91.8 Å². The second kappa shape index (κ2) is 10.3. The van der Waals surface area contributed by atoms with Crippen molar-refractivity contribution in [3.8, 4) is 0 Å². The van der Waals surface area contributed by atoms with Gasteiger partial charge >= 0.3 is 0 Å². The summed E-state index contributed by atoms with van der Waals surface area (Å²) in [6, 6.07) is 13.7. The van der Waals surface area contributed by atoms with Crippen molar-refractivity contribution in [1.82, 2.24) is 0 Å². The Bertz CT molecular complexity index is 717. The van der Waals surface area contributed by atoms with Crippen LogP contribution in [0.1, 0.15) is 101 Å². The van der Waals surface area contributed by atoms with Gasteiger partial charge in [0.15, 0.2) is 0 Å². The van der Waals surface area contributed by atoms with Crippen molar-refractivity contribution < 1.29 is 20.4 Å². The average molecular weight is 498 g/mol. The molecule has 1 saturated heterocycles. The first kappa shape index (κ1) is 25.0. The van der Waals surface area contributed by atoms with E-state index in [9.17, 15) is 0 Å². The summed E-state index contributed by atoms with van der Waals surface area (Å²) in [7, 11) is 0. The maximum absolute atomic E-state index is 2.51. The quantitative estimate of drug-likeness (QED) is 0.299. The van der Waals surface area contributed by atoms with Crippen molar-refractivity contribution >= 4 is 11.4 Å². The van der Waals surface area contributed by atoms with Gasteiger partial charge in [0, 0.05) is 44.9 Å². The number of benzene rings is 2. The zero-order chi connectivity index (χ0) is 21.3. The van der Waals surface area contributed by atoms with Crippen LogP contribution in [0.5, 0.6) is 0 Å². The molecule has 0 spiro atoms. The molecular formula is C27H39N2Pd-. The molecule has 0 radical (unpaired) electrons. The number of nitrogens with zero attached hydrogens (tertiary/aromatic N) is 2. The first-order valence-corrected chi connectivity index (χ1v) is 11.4. The Morgan fingerprint density at radius 2 is 0.833 bits per heavy atom. The molecule has 1 aliphatic rings. The van der Waals surface area contributed by atoms with Gasteiger partial charge in [-0.25, -0.2) is 0 Å². The largest absolute Gasteiger partial charge is 0.502 e. The Kier molecular flexibility index (Phi) is 8.61. The number of rotatable bonds is 6. The summed E-state index contributed by atoms with van der Waals surface area (Å²) in [5.74, 6) is 2.06.